The van der Waals surface area contributed by atoms with Crippen LogP contribution >= 0.6 is 11.9 Å². The van der Waals surface area contributed by atoms with Crippen LogP contribution in [0.1, 0.15) is 32.3 Å². The molecular weight excluding hydrogens is 350 g/mol. The van der Waals surface area contributed by atoms with Crippen molar-refractivity contribution in [2.45, 2.75) is 38.0 Å². The molecule has 0 atom stereocenters. The molecule has 0 heterocycles. The topological polar surface area (TPSA) is 20.3 Å². The third-order valence-corrected chi connectivity index (χ3v) is 4.93. The molecule has 0 aliphatic rings. The average molecular weight is 380 g/mol. The van der Waals surface area contributed by atoms with Gasteiger partial charge in [-0.05, 0) is 54.8 Å². The summed E-state index contributed by atoms with van der Waals surface area (Å²) in [6.07, 6.45) is 10.8. The van der Waals surface area contributed by atoms with Crippen LogP contribution in [0.4, 0.5) is 0 Å². The number of benzene rings is 2. The number of unbranched alkanes of at least 4 members (excludes halogenated alkanes) is 1. The summed E-state index contributed by atoms with van der Waals surface area (Å²) in [4.78, 5) is 13.6. The molecule has 0 bridgehead atoms. The predicted octanol–water partition coefficient (Wildman–Crippen LogP) is 6.31. The van der Waals surface area contributed by atoms with Gasteiger partial charge in [0.05, 0.1) is 0 Å². The molecule has 0 saturated carbocycles. The zero-order valence-corrected chi connectivity index (χ0v) is 17.1. The third-order valence-electron chi connectivity index (χ3n) is 3.90. The quantitative estimate of drug-likeness (QED) is 0.208. The van der Waals surface area contributed by atoms with E-state index in [0.717, 1.165) is 30.7 Å². The molecule has 0 unspecified atom stereocenters. The molecule has 27 heavy (non-hydrogen) atoms. The number of carbonyl (C=O) groups excluding carboxylic acids is 1. The van der Waals surface area contributed by atoms with Gasteiger partial charge in [-0.25, -0.2) is 0 Å². The first-order valence-electron chi connectivity index (χ1n) is 9.57. The van der Waals surface area contributed by atoms with Crippen molar-refractivity contribution in [1.82, 2.24) is 4.31 Å². The van der Waals surface area contributed by atoms with Crippen LogP contribution < -0.4 is 0 Å². The molecule has 2 aromatic carbocycles. The molecule has 1 amide bonds. The summed E-state index contributed by atoms with van der Waals surface area (Å²) >= 11 is 1.50. The van der Waals surface area contributed by atoms with Crippen molar-refractivity contribution < 1.29 is 4.79 Å². The van der Waals surface area contributed by atoms with E-state index in [1.54, 1.807) is 6.08 Å². The van der Waals surface area contributed by atoms with Crippen LogP contribution in [0.3, 0.4) is 0 Å². The first-order valence-corrected chi connectivity index (χ1v) is 10.3. The summed E-state index contributed by atoms with van der Waals surface area (Å²) < 4.78 is 1.83. The van der Waals surface area contributed by atoms with Gasteiger partial charge in [-0.3, -0.25) is 9.10 Å². The molecule has 2 aromatic rings. The predicted molar refractivity (Wildman–Crippen MR) is 117 cm³/mol. The molecule has 0 aromatic heterocycles. The highest BCUT2D eigenvalue weighted by molar-refractivity contribution is 7.97. The molecule has 0 spiro atoms. The Kier molecular flexibility index (Phi) is 9.50. The van der Waals surface area contributed by atoms with Gasteiger partial charge in [0.2, 0.25) is 0 Å². The second kappa shape index (κ2) is 12.2. The molecule has 2 rings (SSSR count). The van der Waals surface area contributed by atoms with Gasteiger partial charge in [0.25, 0.3) is 5.91 Å². The van der Waals surface area contributed by atoms with E-state index in [1.165, 1.54) is 17.5 Å². The smallest absolute Gasteiger partial charge is 0.256 e. The Morgan fingerprint density at radius 2 is 1.67 bits per heavy atom. The first-order chi connectivity index (χ1) is 13.1. The van der Waals surface area contributed by atoms with Crippen molar-refractivity contribution in [2.24, 2.45) is 5.92 Å². The summed E-state index contributed by atoms with van der Waals surface area (Å²) in [6, 6.07) is 20.6. The van der Waals surface area contributed by atoms with E-state index in [1.807, 2.05) is 52.9 Å². The van der Waals surface area contributed by atoms with Crippen LogP contribution in [-0.2, 0) is 11.2 Å². The van der Waals surface area contributed by atoms with Gasteiger partial charge in [0.15, 0.2) is 0 Å². The Labute approximate surface area is 168 Å². The van der Waals surface area contributed by atoms with Crippen LogP contribution in [0.5, 0.6) is 0 Å². The number of hydrogen-bond acceptors (Lipinski definition) is 2. The Bertz CT molecular complexity index is 723. The standard InChI is InChI=1S/C24H29NOS/c1-21(2)20-25(27-23-17-11-7-12-18-23)24(26)19-13-5-3-4-8-14-22-15-9-6-10-16-22/h3,5-7,9-13,15-19,21H,4,8,14,20H2,1-2H3. The monoisotopic (exact) mass is 379 g/mol. The lowest BCUT2D eigenvalue weighted by Gasteiger charge is -2.21. The molecule has 142 valence electrons. The highest BCUT2D eigenvalue weighted by atomic mass is 32.2. The second-order valence-corrected chi connectivity index (χ2v) is 7.96. The molecule has 0 aliphatic heterocycles. The Morgan fingerprint density at radius 1 is 1.00 bits per heavy atom. The van der Waals surface area contributed by atoms with Gasteiger partial charge in [-0.1, -0.05) is 80.6 Å². The Hall–Kier alpha value is -2.26. The summed E-state index contributed by atoms with van der Waals surface area (Å²) in [5.74, 6) is 0.457. The molecular formula is C24H29NOS. The molecule has 3 heteroatoms. The van der Waals surface area contributed by atoms with Crippen molar-refractivity contribution in [3.63, 3.8) is 0 Å². The first kappa shape index (κ1) is 21.0. The lowest BCUT2D eigenvalue weighted by molar-refractivity contribution is -0.121. The summed E-state index contributed by atoms with van der Waals surface area (Å²) in [7, 11) is 0. The van der Waals surface area contributed by atoms with Gasteiger partial charge >= 0.3 is 0 Å². The third kappa shape index (κ3) is 8.78. The van der Waals surface area contributed by atoms with Crippen LogP contribution in [0.2, 0.25) is 0 Å². The van der Waals surface area contributed by atoms with Gasteiger partial charge in [-0.15, -0.1) is 0 Å². The summed E-state index contributed by atoms with van der Waals surface area (Å²) in [5, 5.41) is 0. The van der Waals surface area contributed by atoms with Crippen LogP contribution in [0, 0.1) is 5.92 Å². The lowest BCUT2D eigenvalue weighted by atomic mass is 10.1. The number of carbonyl (C=O) groups is 1. The van der Waals surface area contributed by atoms with Crippen LogP contribution in [-0.4, -0.2) is 16.8 Å². The number of nitrogens with zero attached hydrogens (tertiary/aromatic N) is 1. The average Bonchev–Trinajstić information content (AvgIpc) is 2.68. The van der Waals surface area contributed by atoms with Crippen molar-refractivity contribution in [2.75, 3.05) is 6.54 Å². The maximum absolute atomic E-state index is 12.5. The number of hydrogen-bond donors (Lipinski definition) is 0. The molecule has 0 aliphatic carbocycles. The Morgan fingerprint density at radius 3 is 2.33 bits per heavy atom. The number of amides is 1. The van der Waals surface area contributed by atoms with Gasteiger partial charge < -0.3 is 0 Å². The minimum atomic E-state index is 0.0338. The fourth-order valence-electron chi connectivity index (χ4n) is 2.58. The number of aryl methyl sites for hydroxylation is 1. The van der Waals surface area contributed by atoms with Gasteiger partial charge in [0, 0.05) is 17.5 Å². The minimum Gasteiger partial charge on any atom is -0.278 e. The normalized spacial score (nSPS) is 11.5. The van der Waals surface area contributed by atoms with Gasteiger partial charge in [-0.2, -0.15) is 0 Å². The second-order valence-electron chi connectivity index (χ2n) is 6.86. The van der Waals surface area contributed by atoms with Crippen molar-refractivity contribution in [1.29, 1.82) is 0 Å². The molecule has 2 nitrogen and oxygen atoms in total. The SMILES string of the molecule is CC(C)CN(Sc1ccccc1)C(=O)C=CC=CCCCc1ccccc1. The summed E-state index contributed by atoms with van der Waals surface area (Å²) in [6.45, 7) is 4.98. The van der Waals surface area contributed by atoms with E-state index in [4.69, 9.17) is 0 Å². The largest absolute Gasteiger partial charge is 0.278 e. The van der Waals surface area contributed by atoms with Crippen molar-refractivity contribution in [3.8, 4) is 0 Å². The van der Waals surface area contributed by atoms with Crippen molar-refractivity contribution >= 4 is 17.9 Å². The highest BCUT2D eigenvalue weighted by Gasteiger charge is 2.13. The molecule has 0 saturated heterocycles. The van der Waals surface area contributed by atoms with E-state index in [2.05, 4.69) is 44.2 Å². The Balaban J connectivity index is 1.78. The highest BCUT2D eigenvalue weighted by Crippen LogP contribution is 2.23. The molecule has 0 N–H and O–H groups in total. The molecule has 0 radical (unpaired) electrons. The molecule has 0 fully saturated rings. The van der Waals surface area contributed by atoms with Crippen molar-refractivity contribution in [3.05, 3.63) is 90.5 Å². The van der Waals surface area contributed by atoms with Crippen LogP contribution in [0.15, 0.2) is 89.9 Å². The zero-order valence-electron chi connectivity index (χ0n) is 16.3. The van der Waals surface area contributed by atoms with E-state index >= 15 is 0 Å². The number of allylic oxidation sites excluding steroid dienone is 3. The maximum Gasteiger partial charge on any atom is 0.256 e. The van der Waals surface area contributed by atoms with E-state index in [-0.39, 0.29) is 5.91 Å². The fraction of sp³-hybridized carbons (Fsp3) is 0.292. The maximum atomic E-state index is 12.5. The van der Waals surface area contributed by atoms with E-state index in [9.17, 15) is 4.79 Å². The van der Waals surface area contributed by atoms with Crippen LogP contribution in [0.25, 0.3) is 0 Å². The van der Waals surface area contributed by atoms with Gasteiger partial charge in [0.1, 0.15) is 0 Å². The summed E-state index contributed by atoms with van der Waals surface area (Å²) in [5.41, 5.74) is 1.37. The minimum absolute atomic E-state index is 0.0338. The van der Waals surface area contributed by atoms with E-state index < -0.39 is 0 Å². The van der Waals surface area contributed by atoms with E-state index in [0.29, 0.717) is 5.92 Å². The fourth-order valence-corrected chi connectivity index (χ4v) is 3.63. The number of rotatable bonds is 10. The zero-order chi connectivity index (χ0) is 19.3. The lowest BCUT2D eigenvalue weighted by Crippen LogP contribution is -2.26.